The fourth-order valence-corrected chi connectivity index (χ4v) is 2.86. The molecule has 0 aromatic rings. The number of primary amides is 1. The molecule has 0 aromatic heterocycles. The predicted molar refractivity (Wildman–Crippen MR) is 73.9 cm³/mol. The Kier molecular flexibility index (Phi) is 6.03. The van der Waals surface area contributed by atoms with E-state index in [4.69, 9.17) is 10.5 Å². The molecule has 2 heterocycles. The molecule has 2 rings (SSSR count). The maximum atomic E-state index is 11.2. The van der Waals surface area contributed by atoms with Gasteiger partial charge in [0.15, 0.2) is 0 Å². The number of hydrogen-bond donors (Lipinski definition) is 2. The Hall–Kier alpha value is -0.690. The van der Waals surface area contributed by atoms with Crippen molar-refractivity contribution in [2.24, 2.45) is 5.73 Å². The second-order valence-corrected chi connectivity index (χ2v) is 5.37. The van der Waals surface area contributed by atoms with Gasteiger partial charge in [-0.2, -0.15) is 0 Å². The summed E-state index contributed by atoms with van der Waals surface area (Å²) in [5, 5.41) is 3.36. The number of rotatable bonds is 6. The molecule has 0 spiro atoms. The Morgan fingerprint density at radius 2 is 2.00 bits per heavy atom. The minimum atomic E-state index is -0.222. The Morgan fingerprint density at radius 1 is 1.32 bits per heavy atom. The van der Waals surface area contributed by atoms with E-state index in [1.165, 1.54) is 0 Å². The lowest BCUT2D eigenvalue weighted by Gasteiger charge is -2.36. The van der Waals surface area contributed by atoms with Gasteiger partial charge in [0, 0.05) is 32.2 Å². The molecule has 0 atom stereocenters. The number of amides is 1. The highest BCUT2D eigenvalue weighted by molar-refractivity contribution is 5.75. The largest absolute Gasteiger partial charge is 0.379 e. The molecule has 0 bridgehead atoms. The highest BCUT2D eigenvalue weighted by Crippen LogP contribution is 2.11. The summed E-state index contributed by atoms with van der Waals surface area (Å²) in [6, 6.07) is 0.495. The first kappa shape index (κ1) is 14.7. The summed E-state index contributed by atoms with van der Waals surface area (Å²) in [6.07, 6.45) is 2.22. The molecule has 6 heteroatoms. The Balaban J connectivity index is 1.80. The number of carbonyl (C=O) groups is 1. The van der Waals surface area contributed by atoms with Crippen LogP contribution >= 0.6 is 0 Å². The van der Waals surface area contributed by atoms with Crippen molar-refractivity contribution in [3.8, 4) is 0 Å². The second-order valence-electron chi connectivity index (χ2n) is 5.37. The molecule has 0 saturated carbocycles. The van der Waals surface area contributed by atoms with Crippen molar-refractivity contribution in [3.63, 3.8) is 0 Å². The fourth-order valence-electron chi connectivity index (χ4n) is 2.86. The van der Waals surface area contributed by atoms with Crippen LogP contribution in [-0.4, -0.2) is 80.8 Å². The molecule has 3 N–H and O–H groups in total. The van der Waals surface area contributed by atoms with Crippen molar-refractivity contribution in [1.29, 1.82) is 0 Å². The molecule has 2 aliphatic rings. The van der Waals surface area contributed by atoms with Gasteiger partial charge in [-0.1, -0.05) is 0 Å². The molecular weight excluding hydrogens is 244 g/mol. The zero-order valence-corrected chi connectivity index (χ0v) is 11.6. The summed E-state index contributed by atoms with van der Waals surface area (Å²) in [5.41, 5.74) is 5.38. The second kappa shape index (κ2) is 7.79. The van der Waals surface area contributed by atoms with Crippen molar-refractivity contribution >= 4 is 5.91 Å². The average Bonchev–Trinajstić information content (AvgIpc) is 2.45. The number of nitrogens with two attached hydrogens (primary N) is 1. The minimum absolute atomic E-state index is 0.222. The molecule has 110 valence electrons. The minimum Gasteiger partial charge on any atom is -0.379 e. The maximum absolute atomic E-state index is 11.2. The van der Waals surface area contributed by atoms with Gasteiger partial charge in [0.1, 0.15) is 0 Å². The maximum Gasteiger partial charge on any atom is 0.231 e. The van der Waals surface area contributed by atoms with Crippen molar-refractivity contribution < 1.29 is 9.53 Å². The van der Waals surface area contributed by atoms with E-state index in [0.717, 1.165) is 65.3 Å². The van der Waals surface area contributed by atoms with Crippen LogP contribution in [0.2, 0.25) is 0 Å². The number of morpholine rings is 1. The van der Waals surface area contributed by atoms with Crippen LogP contribution in [0.25, 0.3) is 0 Å². The molecule has 2 aliphatic heterocycles. The summed E-state index contributed by atoms with van der Waals surface area (Å²) >= 11 is 0. The third-order valence-electron chi connectivity index (χ3n) is 3.99. The molecule has 2 saturated heterocycles. The van der Waals surface area contributed by atoms with E-state index in [1.54, 1.807) is 0 Å². The topological polar surface area (TPSA) is 70.8 Å². The Labute approximate surface area is 115 Å². The highest BCUT2D eigenvalue weighted by Gasteiger charge is 2.23. The molecule has 1 amide bonds. The number of piperidine rings is 1. The van der Waals surface area contributed by atoms with Crippen LogP contribution in [0, 0.1) is 0 Å². The van der Waals surface area contributed by atoms with Gasteiger partial charge in [-0.3, -0.25) is 14.6 Å². The lowest BCUT2D eigenvalue weighted by Crippen LogP contribution is -2.50. The zero-order chi connectivity index (χ0) is 13.5. The van der Waals surface area contributed by atoms with Crippen molar-refractivity contribution in [2.45, 2.75) is 18.9 Å². The molecule has 6 nitrogen and oxygen atoms in total. The molecule has 0 radical (unpaired) electrons. The summed E-state index contributed by atoms with van der Waals surface area (Å²) < 4.78 is 5.35. The van der Waals surface area contributed by atoms with Crippen LogP contribution in [-0.2, 0) is 9.53 Å². The number of carbonyl (C=O) groups excluding carboxylic acids is 1. The SMILES string of the molecule is NC(=O)CN(CCN1CCOCC1)C1CCNCC1. The Morgan fingerprint density at radius 3 is 2.63 bits per heavy atom. The molecule has 0 unspecified atom stereocenters. The third-order valence-corrected chi connectivity index (χ3v) is 3.99. The first-order valence-electron chi connectivity index (χ1n) is 7.29. The first-order valence-corrected chi connectivity index (χ1v) is 7.29. The summed E-state index contributed by atoms with van der Waals surface area (Å²) in [6.45, 7) is 8.03. The van der Waals surface area contributed by atoms with E-state index in [1.807, 2.05) is 0 Å². The third kappa shape index (κ3) is 5.06. The smallest absolute Gasteiger partial charge is 0.231 e. The number of nitrogens with one attached hydrogen (secondary N) is 1. The van der Waals surface area contributed by atoms with Gasteiger partial charge in [0.05, 0.1) is 19.8 Å². The van der Waals surface area contributed by atoms with Gasteiger partial charge in [0.25, 0.3) is 0 Å². The van der Waals surface area contributed by atoms with E-state index in [0.29, 0.717) is 12.6 Å². The fraction of sp³-hybridized carbons (Fsp3) is 0.923. The lowest BCUT2D eigenvalue weighted by atomic mass is 10.0. The number of ether oxygens (including phenoxy) is 1. The van der Waals surface area contributed by atoms with Gasteiger partial charge in [-0.25, -0.2) is 0 Å². The highest BCUT2D eigenvalue weighted by atomic mass is 16.5. The quantitative estimate of drug-likeness (QED) is 0.638. The predicted octanol–water partition coefficient (Wildman–Crippen LogP) is -1.14. The van der Waals surface area contributed by atoms with Crippen molar-refractivity contribution in [3.05, 3.63) is 0 Å². The van der Waals surface area contributed by atoms with Crippen molar-refractivity contribution in [1.82, 2.24) is 15.1 Å². The standard InChI is InChI=1S/C13H26N4O2/c14-13(18)11-17(12-1-3-15-4-2-12)6-5-16-7-9-19-10-8-16/h12,15H,1-11H2,(H2,14,18). The van der Waals surface area contributed by atoms with Crippen LogP contribution < -0.4 is 11.1 Å². The summed E-state index contributed by atoms with van der Waals surface area (Å²) in [4.78, 5) is 15.9. The van der Waals surface area contributed by atoms with Crippen LogP contribution in [0.4, 0.5) is 0 Å². The lowest BCUT2D eigenvalue weighted by molar-refractivity contribution is -0.120. The van der Waals surface area contributed by atoms with Crippen molar-refractivity contribution in [2.75, 3.05) is 59.0 Å². The van der Waals surface area contributed by atoms with Crippen LogP contribution in [0.3, 0.4) is 0 Å². The van der Waals surface area contributed by atoms with Gasteiger partial charge in [-0.15, -0.1) is 0 Å². The van der Waals surface area contributed by atoms with E-state index in [9.17, 15) is 4.79 Å². The van der Waals surface area contributed by atoms with E-state index >= 15 is 0 Å². The Bertz CT molecular complexity index is 276. The van der Waals surface area contributed by atoms with E-state index in [2.05, 4.69) is 15.1 Å². The van der Waals surface area contributed by atoms with Gasteiger partial charge in [-0.05, 0) is 25.9 Å². The van der Waals surface area contributed by atoms with Gasteiger partial charge in [0.2, 0.25) is 5.91 Å². The zero-order valence-electron chi connectivity index (χ0n) is 11.6. The summed E-state index contributed by atoms with van der Waals surface area (Å²) in [5.74, 6) is -0.222. The first-order chi connectivity index (χ1) is 9.25. The monoisotopic (exact) mass is 270 g/mol. The molecular formula is C13H26N4O2. The van der Waals surface area contributed by atoms with E-state index in [-0.39, 0.29) is 5.91 Å². The number of nitrogens with zero attached hydrogens (tertiary/aromatic N) is 2. The van der Waals surface area contributed by atoms with Crippen LogP contribution in [0.1, 0.15) is 12.8 Å². The molecule has 19 heavy (non-hydrogen) atoms. The molecule has 0 aliphatic carbocycles. The van der Waals surface area contributed by atoms with Gasteiger partial charge < -0.3 is 15.8 Å². The molecule has 2 fully saturated rings. The van der Waals surface area contributed by atoms with E-state index < -0.39 is 0 Å². The van der Waals surface area contributed by atoms with Crippen LogP contribution in [0.15, 0.2) is 0 Å². The number of hydrogen-bond acceptors (Lipinski definition) is 5. The average molecular weight is 270 g/mol. The summed E-state index contributed by atoms with van der Waals surface area (Å²) in [7, 11) is 0. The normalized spacial score (nSPS) is 22.8. The van der Waals surface area contributed by atoms with Gasteiger partial charge >= 0.3 is 0 Å². The molecule has 0 aromatic carbocycles. The van der Waals surface area contributed by atoms with Crippen LogP contribution in [0.5, 0.6) is 0 Å².